The number of aliphatic hydroxyl groups excluding tert-OH is 1. The topological polar surface area (TPSA) is 77.7 Å². The van der Waals surface area contributed by atoms with E-state index in [9.17, 15) is 0 Å². The zero-order valence-electron chi connectivity index (χ0n) is 8.13. The minimum absolute atomic E-state index is 0.206. The molecule has 0 fully saturated rings. The van der Waals surface area contributed by atoms with Gasteiger partial charge >= 0.3 is 0 Å². The van der Waals surface area contributed by atoms with E-state index in [4.69, 9.17) is 10.3 Å². The number of nitrogens with zero attached hydrogens (tertiary/aromatic N) is 2. The summed E-state index contributed by atoms with van der Waals surface area (Å²) in [5.74, 6) is 0.851. The van der Waals surface area contributed by atoms with E-state index >= 15 is 0 Å². The maximum atomic E-state index is 8.60. The molecule has 1 rings (SSSR count). The van der Waals surface area contributed by atoms with Crippen molar-refractivity contribution in [2.45, 2.75) is 11.4 Å². The lowest BCUT2D eigenvalue weighted by Gasteiger charge is -1.99. The number of pyridine rings is 1. The molecule has 0 aliphatic carbocycles. The van der Waals surface area contributed by atoms with Crippen molar-refractivity contribution in [3.63, 3.8) is 0 Å². The second-order valence-corrected chi connectivity index (χ2v) is 3.78. The minimum Gasteiger partial charge on any atom is -0.396 e. The predicted molar refractivity (Wildman–Crippen MR) is 59.7 cm³/mol. The number of hydroxylamine groups is 1. The van der Waals surface area contributed by atoms with Crippen LogP contribution in [0.3, 0.4) is 0 Å². The van der Waals surface area contributed by atoms with Crippen molar-refractivity contribution in [3.05, 3.63) is 18.3 Å². The Balaban J connectivity index is 2.45. The summed E-state index contributed by atoms with van der Waals surface area (Å²) in [6.45, 7) is 0.206. The zero-order valence-corrected chi connectivity index (χ0v) is 8.94. The summed E-state index contributed by atoms with van der Waals surface area (Å²) in [4.78, 5) is 8.03. The molecule has 0 saturated carbocycles. The van der Waals surface area contributed by atoms with Crippen molar-refractivity contribution in [1.82, 2.24) is 10.5 Å². The molecule has 0 amide bonds. The van der Waals surface area contributed by atoms with E-state index in [1.54, 1.807) is 18.0 Å². The molecule has 3 N–H and O–H groups in total. The van der Waals surface area contributed by atoms with Gasteiger partial charge < -0.3 is 5.11 Å². The molecular weight excluding hydrogens is 214 g/mol. The van der Waals surface area contributed by atoms with Crippen LogP contribution in [0.25, 0.3) is 0 Å². The monoisotopic (exact) mass is 227 g/mol. The fourth-order valence-electron chi connectivity index (χ4n) is 0.879. The van der Waals surface area contributed by atoms with E-state index in [1.807, 2.05) is 17.6 Å². The van der Waals surface area contributed by atoms with E-state index in [0.29, 0.717) is 5.69 Å². The van der Waals surface area contributed by atoms with E-state index in [2.05, 4.69) is 9.98 Å². The van der Waals surface area contributed by atoms with Crippen LogP contribution in [0.5, 0.6) is 0 Å². The molecule has 0 unspecified atom stereocenters. The summed E-state index contributed by atoms with van der Waals surface area (Å²) in [6.07, 6.45) is 3.56. The normalized spacial score (nSPS) is 10.8. The second kappa shape index (κ2) is 7.22. The van der Waals surface area contributed by atoms with Gasteiger partial charge in [-0.1, -0.05) is 0 Å². The molecule has 82 valence electrons. The summed E-state index contributed by atoms with van der Waals surface area (Å²) >= 11 is 1.59. The molecule has 1 aromatic heterocycles. The van der Waals surface area contributed by atoms with Crippen LogP contribution in [0.4, 0.5) is 5.69 Å². The number of aliphatic imine (C=N–C) groups is 1. The average Bonchev–Trinajstić information content (AvgIpc) is 2.28. The summed E-state index contributed by atoms with van der Waals surface area (Å²) in [6, 6.07) is 3.66. The Morgan fingerprint density at radius 2 is 2.40 bits per heavy atom. The lowest BCUT2D eigenvalue weighted by atomic mass is 10.4. The Morgan fingerprint density at radius 3 is 3.00 bits per heavy atom. The third kappa shape index (κ3) is 4.78. The van der Waals surface area contributed by atoms with E-state index in [0.717, 1.165) is 17.2 Å². The van der Waals surface area contributed by atoms with Gasteiger partial charge in [0.15, 0.2) is 0 Å². The molecule has 0 saturated heterocycles. The largest absolute Gasteiger partial charge is 0.396 e. The van der Waals surface area contributed by atoms with Gasteiger partial charge in [0.05, 0.1) is 16.9 Å². The molecular formula is C9H13N3O2S. The molecule has 15 heavy (non-hydrogen) atoms. The number of nitrogens with one attached hydrogen (secondary N) is 1. The number of thioether (sulfide) groups is 1. The maximum absolute atomic E-state index is 8.60. The molecule has 0 aliphatic rings. The first kappa shape index (κ1) is 12.0. The highest BCUT2D eigenvalue weighted by molar-refractivity contribution is 7.99. The highest BCUT2D eigenvalue weighted by Gasteiger charge is 1.95. The van der Waals surface area contributed by atoms with Crippen LogP contribution in [0, 0.1) is 0 Å². The van der Waals surface area contributed by atoms with Gasteiger partial charge in [-0.3, -0.25) is 10.7 Å². The van der Waals surface area contributed by atoms with Gasteiger partial charge in [-0.2, -0.15) is 0 Å². The Labute approximate surface area is 92.2 Å². The molecule has 6 heteroatoms. The minimum atomic E-state index is 0.206. The molecule has 0 aliphatic heterocycles. The summed E-state index contributed by atoms with van der Waals surface area (Å²) in [5, 5.41) is 17.8. The highest BCUT2D eigenvalue weighted by Crippen LogP contribution is 2.18. The fraction of sp³-hybridized carbons (Fsp3) is 0.333. The van der Waals surface area contributed by atoms with Gasteiger partial charge in [0.25, 0.3) is 0 Å². The van der Waals surface area contributed by atoms with E-state index in [-0.39, 0.29) is 6.61 Å². The Kier molecular flexibility index (Phi) is 5.76. The van der Waals surface area contributed by atoms with Crippen molar-refractivity contribution in [2.24, 2.45) is 4.99 Å². The third-order valence-electron chi connectivity index (χ3n) is 1.54. The molecule has 0 atom stereocenters. The Morgan fingerprint density at radius 1 is 1.53 bits per heavy atom. The van der Waals surface area contributed by atoms with Gasteiger partial charge in [0.1, 0.15) is 6.34 Å². The van der Waals surface area contributed by atoms with Crippen LogP contribution in [0.15, 0.2) is 28.3 Å². The highest BCUT2D eigenvalue weighted by atomic mass is 32.2. The number of aromatic nitrogens is 1. The molecule has 0 spiro atoms. The number of hydrogen-bond donors (Lipinski definition) is 3. The van der Waals surface area contributed by atoms with Crippen molar-refractivity contribution in [3.8, 4) is 0 Å². The van der Waals surface area contributed by atoms with Gasteiger partial charge in [-0.15, -0.1) is 11.8 Å². The van der Waals surface area contributed by atoms with Crippen molar-refractivity contribution >= 4 is 23.8 Å². The molecule has 5 nitrogen and oxygen atoms in total. The summed E-state index contributed by atoms with van der Waals surface area (Å²) < 4.78 is 0. The third-order valence-corrected chi connectivity index (χ3v) is 2.57. The van der Waals surface area contributed by atoms with Crippen LogP contribution < -0.4 is 5.48 Å². The summed E-state index contributed by atoms with van der Waals surface area (Å²) in [5.41, 5.74) is 2.49. The van der Waals surface area contributed by atoms with E-state index in [1.165, 1.54) is 6.34 Å². The fourth-order valence-corrected chi connectivity index (χ4v) is 1.65. The number of rotatable bonds is 6. The van der Waals surface area contributed by atoms with Gasteiger partial charge in [0.2, 0.25) is 0 Å². The molecule has 0 radical (unpaired) electrons. The molecule has 0 aromatic carbocycles. The van der Waals surface area contributed by atoms with Crippen molar-refractivity contribution in [1.29, 1.82) is 0 Å². The Hall–Kier alpha value is -1.11. The van der Waals surface area contributed by atoms with Crippen LogP contribution in [0.1, 0.15) is 6.42 Å². The average molecular weight is 227 g/mol. The SMILES string of the molecule is OCCCSc1ccc(N=CNO)cn1. The zero-order chi connectivity index (χ0) is 10.9. The van der Waals surface area contributed by atoms with Gasteiger partial charge in [-0.05, 0) is 18.6 Å². The summed E-state index contributed by atoms with van der Waals surface area (Å²) in [7, 11) is 0. The molecule has 1 heterocycles. The van der Waals surface area contributed by atoms with Crippen LogP contribution in [-0.2, 0) is 0 Å². The van der Waals surface area contributed by atoms with Crippen LogP contribution in [0.2, 0.25) is 0 Å². The first-order valence-electron chi connectivity index (χ1n) is 4.48. The van der Waals surface area contributed by atoms with Crippen molar-refractivity contribution in [2.75, 3.05) is 12.4 Å². The van der Waals surface area contributed by atoms with Gasteiger partial charge in [-0.25, -0.2) is 9.98 Å². The number of hydrogen-bond acceptors (Lipinski definition) is 5. The predicted octanol–water partition coefficient (Wildman–Crippen LogP) is 1.19. The standard InChI is InChI=1S/C9H13N3O2S/c13-4-1-5-15-9-3-2-8(6-10-9)11-7-12-14/h2-3,6-7,13-14H,1,4-5H2,(H,11,12). The Bertz CT molecular complexity index is 303. The quantitative estimate of drug-likeness (QED) is 0.224. The molecule has 0 bridgehead atoms. The van der Waals surface area contributed by atoms with Crippen LogP contribution in [-0.4, -0.2) is 34.0 Å². The van der Waals surface area contributed by atoms with Crippen LogP contribution >= 0.6 is 11.8 Å². The van der Waals surface area contributed by atoms with Gasteiger partial charge in [0, 0.05) is 12.4 Å². The van der Waals surface area contributed by atoms with Crippen molar-refractivity contribution < 1.29 is 10.3 Å². The maximum Gasteiger partial charge on any atom is 0.113 e. The smallest absolute Gasteiger partial charge is 0.113 e. The first-order chi connectivity index (χ1) is 7.36. The second-order valence-electron chi connectivity index (χ2n) is 2.67. The first-order valence-corrected chi connectivity index (χ1v) is 5.47. The lowest BCUT2D eigenvalue weighted by Crippen LogP contribution is -2.00. The molecule has 1 aromatic rings. The number of aliphatic hydroxyl groups is 1. The van der Waals surface area contributed by atoms with E-state index < -0.39 is 0 Å². The lowest BCUT2D eigenvalue weighted by molar-refractivity contribution is 0.240.